The van der Waals surface area contributed by atoms with E-state index in [1.807, 2.05) is 25.1 Å². The first-order chi connectivity index (χ1) is 8.62. The monoisotopic (exact) mass is 250 g/mol. The summed E-state index contributed by atoms with van der Waals surface area (Å²) in [6.45, 7) is 4.78. The molecule has 0 saturated heterocycles. The third kappa shape index (κ3) is 3.74. The maximum atomic E-state index is 11.6. The van der Waals surface area contributed by atoms with Crippen molar-refractivity contribution in [2.75, 3.05) is 26.1 Å². The summed E-state index contributed by atoms with van der Waals surface area (Å²) in [5.41, 5.74) is 2.77. The van der Waals surface area contributed by atoms with E-state index in [1.54, 1.807) is 14.2 Å². The number of nitrogens with one attached hydrogen (secondary N) is 2. The minimum Gasteiger partial charge on any atom is -0.383 e. The molecular weight excluding hydrogens is 228 g/mol. The van der Waals surface area contributed by atoms with Gasteiger partial charge in [-0.2, -0.15) is 0 Å². The van der Waals surface area contributed by atoms with Crippen molar-refractivity contribution in [3.63, 3.8) is 0 Å². The first kappa shape index (κ1) is 14.5. The average Bonchev–Trinajstić information content (AvgIpc) is 2.39. The van der Waals surface area contributed by atoms with Gasteiger partial charge in [0, 0.05) is 31.5 Å². The Bertz CT molecular complexity index is 405. The average molecular weight is 250 g/mol. The van der Waals surface area contributed by atoms with Gasteiger partial charge in [0.25, 0.3) is 5.91 Å². The maximum Gasteiger partial charge on any atom is 0.251 e. The fourth-order valence-corrected chi connectivity index (χ4v) is 1.75. The SMILES string of the molecule is CCC(COC)Nc1cc(C(=O)NC)ccc1C. The summed E-state index contributed by atoms with van der Waals surface area (Å²) < 4.78 is 5.16. The summed E-state index contributed by atoms with van der Waals surface area (Å²) >= 11 is 0. The molecule has 0 fully saturated rings. The second kappa shape index (κ2) is 7.01. The lowest BCUT2D eigenvalue weighted by Crippen LogP contribution is -2.25. The second-order valence-electron chi connectivity index (χ2n) is 4.31. The van der Waals surface area contributed by atoms with Crippen LogP contribution >= 0.6 is 0 Å². The predicted octanol–water partition coefficient (Wildman–Crippen LogP) is 2.19. The summed E-state index contributed by atoms with van der Waals surface area (Å²) in [6, 6.07) is 5.92. The van der Waals surface area contributed by atoms with Crippen molar-refractivity contribution >= 4 is 11.6 Å². The highest BCUT2D eigenvalue weighted by molar-refractivity contribution is 5.95. The Morgan fingerprint density at radius 2 is 2.17 bits per heavy atom. The fourth-order valence-electron chi connectivity index (χ4n) is 1.75. The number of rotatable bonds is 6. The van der Waals surface area contributed by atoms with Gasteiger partial charge in [0.05, 0.1) is 6.61 Å². The smallest absolute Gasteiger partial charge is 0.251 e. The zero-order chi connectivity index (χ0) is 13.5. The van der Waals surface area contributed by atoms with E-state index in [0.717, 1.165) is 17.7 Å². The van der Waals surface area contributed by atoms with Crippen LogP contribution in [0.15, 0.2) is 18.2 Å². The summed E-state index contributed by atoms with van der Waals surface area (Å²) in [7, 11) is 3.33. The van der Waals surface area contributed by atoms with Crippen LogP contribution in [0.3, 0.4) is 0 Å². The topological polar surface area (TPSA) is 50.4 Å². The van der Waals surface area contributed by atoms with E-state index in [-0.39, 0.29) is 11.9 Å². The summed E-state index contributed by atoms with van der Waals surface area (Å²) in [6.07, 6.45) is 0.970. The van der Waals surface area contributed by atoms with Crippen molar-refractivity contribution in [3.05, 3.63) is 29.3 Å². The molecule has 0 spiro atoms. The van der Waals surface area contributed by atoms with E-state index in [0.29, 0.717) is 12.2 Å². The van der Waals surface area contributed by atoms with E-state index in [1.165, 1.54) is 0 Å². The molecule has 0 aliphatic heterocycles. The molecule has 4 nitrogen and oxygen atoms in total. The molecule has 1 aromatic carbocycles. The zero-order valence-corrected chi connectivity index (χ0v) is 11.5. The van der Waals surface area contributed by atoms with Crippen LogP contribution in [0.4, 0.5) is 5.69 Å². The number of hydrogen-bond donors (Lipinski definition) is 2. The molecule has 0 radical (unpaired) electrons. The van der Waals surface area contributed by atoms with Crippen LogP contribution in [0.25, 0.3) is 0 Å². The van der Waals surface area contributed by atoms with Gasteiger partial charge in [-0.15, -0.1) is 0 Å². The van der Waals surface area contributed by atoms with Crippen LogP contribution in [-0.2, 0) is 4.74 Å². The highest BCUT2D eigenvalue weighted by Gasteiger charge is 2.10. The Labute approximate surface area is 109 Å². The van der Waals surface area contributed by atoms with Crippen LogP contribution < -0.4 is 10.6 Å². The number of benzene rings is 1. The third-order valence-corrected chi connectivity index (χ3v) is 2.95. The molecule has 1 rings (SSSR count). The van der Waals surface area contributed by atoms with Crippen LogP contribution in [0.1, 0.15) is 29.3 Å². The maximum absolute atomic E-state index is 11.6. The van der Waals surface area contributed by atoms with Crippen molar-refractivity contribution in [3.8, 4) is 0 Å². The molecular formula is C14H22N2O2. The molecule has 0 aromatic heterocycles. The Hall–Kier alpha value is -1.55. The van der Waals surface area contributed by atoms with Crippen LogP contribution in [-0.4, -0.2) is 32.7 Å². The lowest BCUT2D eigenvalue weighted by Gasteiger charge is -2.19. The summed E-state index contributed by atoms with van der Waals surface area (Å²) in [5, 5.41) is 6.04. The molecule has 1 amide bonds. The molecule has 0 bridgehead atoms. The van der Waals surface area contributed by atoms with Gasteiger partial charge < -0.3 is 15.4 Å². The third-order valence-electron chi connectivity index (χ3n) is 2.95. The standard InChI is InChI=1S/C14H22N2O2/c1-5-12(9-18-4)16-13-8-11(14(17)15-3)7-6-10(13)2/h6-8,12,16H,5,9H2,1-4H3,(H,15,17). The van der Waals surface area contributed by atoms with Crippen molar-refractivity contribution in [1.82, 2.24) is 5.32 Å². The normalized spacial score (nSPS) is 12.0. The molecule has 0 aliphatic carbocycles. The van der Waals surface area contributed by atoms with E-state index in [9.17, 15) is 4.79 Å². The van der Waals surface area contributed by atoms with Crippen molar-refractivity contribution in [2.45, 2.75) is 26.3 Å². The van der Waals surface area contributed by atoms with Crippen LogP contribution in [0.2, 0.25) is 0 Å². The van der Waals surface area contributed by atoms with Crippen LogP contribution in [0.5, 0.6) is 0 Å². The lowest BCUT2D eigenvalue weighted by atomic mass is 10.1. The Kier molecular flexibility index (Phi) is 5.65. The molecule has 1 unspecified atom stereocenters. The van der Waals surface area contributed by atoms with Gasteiger partial charge in [0.1, 0.15) is 0 Å². The molecule has 100 valence electrons. The van der Waals surface area contributed by atoms with Crippen molar-refractivity contribution < 1.29 is 9.53 Å². The highest BCUT2D eigenvalue weighted by atomic mass is 16.5. The molecule has 1 atom stereocenters. The Morgan fingerprint density at radius 3 is 2.72 bits per heavy atom. The lowest BCUT2D eigenvalue weighted by molar-refractivity contribution is 0.0963. The van der Waals surface area contributed by atoms with Gasteiger partial charge in [-0.3, -0.25) is 4.79 Å². The molecule has 0 heterocycles. The number of anilines is 1. The van der Waals surface area contributed by atoms with Gasteiger partial charge in [-0.05, 0) is 31.0 Å². The van der Waals surface area contributed by atoms with Gasteiger partial charge in [0.15, 0.2) is 0 Å². The first-order valence-electron chi connectivity index (χ1n) is 6.20. The minimum atomic E-state index is -0.0714. The van der Waals surface area contributed by atoms with E-state index in [4.69, 9.17) is 4.74 Å². The number of carbonyl (C=O) groups excluding carboxylic acids is 1. The van der Waals surface area contributed by atoms with Gasteiger partial charge in [-0.1, -0.05) is 13.0 Å². The number of aryl methyl sites for hydroxylation is 1. The Morgan fingerprint density at radius 1 is 1.44 bits per heavy atom. The quantitative estimate of drug-likeness (QED) is 0.813. The van der Waals surface area contributed by atoms with E-state index in [2.05, 4.69) is 17.6 Å². The molecule has 0 saturated carbocycles. The van der Waals surface area contributed by atoms with Crippen molar-refractivity contribution in [1.29, 1.82) is 0 Å². The molecule has 0 aliphatic rings. The van der Waals surface area contributed by atoms with E-state index >= 15 is 0 Å². The van der Waals surface area contributed by atoms with E-state index < -0.39 is 0 Å². The number of hydrogen-bond acceptors (Lipinski definition) is 3. The zero-order valence-electron chi connectivity index (χ0n) is 11.5. The number of carbonyl (C=O) groups is 1. The Balaban J connectivity index is 2.89. The summed E-state index contributed by atoms with van der Waals surface area (Å²) in [5.74, 6) is -0.0714. The molecule has 4 heteroatoms. The fraction of sp³-hybridized carbons (Fsp3) is 0.500. The van der Waals surface area contributed by atoms with Crippen molar-refractivity contribution in [2.24, 2.45) is 0 Å². The number of amides is 1. The molecule has 2 N–H and O–H groups in total. The van der Waals surface area contributed by atoms with Crippen LogP contribution in [0, 0.1) is 6.92 Å². The number of ether oxygens (including phenoxy) is 1. The first-order valence-corrected chi connectivity index (χ1v) is 6.20. The minimum absolute atomic E-state index is 0.0714. The van der Waals surface area contributed by atoms with Gasteiger partial charge >= 0.3 is 0 Å². The highest BCUT2D eigenvalue weighted by Crippen LogP contribution is 2.18. The van der Waals surface area contributed by atoms with Gasteiger partial charge in [-0.25, -0.2) is 0 Å². The van der Waals surface area contributed by atoms with Gasteiger partial charge in [0.2, 0.25) is 0 Å². The number of methoxy groups -OCH3 is 1. The largest absolute Gasteiger partial charge is 0.383 e. The molecule has 18 heavy (non-hydrogen) atoms. The second-order valence-corrected chi connectivity index (χ2v) is 4.31. The predicted molar refractivity (Wildman–Crippen MR) is 74.1 cm³/mol. The summed E-state index contributed by atoms with van der Waals surface area (Å²) in [4.78, 5) is 11.6. The molecule has 1 aromatic rings.